The van der Waals surface area contributed by atoms with Gasteiger partial charge in [0.15, 0.2) is 16.8 Å². The second kappa shape index (κ2) is 10.5. The van der Waals surface area contributed by atoms with Crippen LogP contribution < -0.4 is 0 Å². The molecule has 0 aliphatic heterocycles. The smallest absolute Gasteiger partial charge is 0.380 e. The van der Waals surface area contributed by atoms with Gasteiger partial charge >= 0.3 is 18.5 Å². The normalized spacial score (nSPS) is 38.8. The number of aliphatic hydroxyl groups is 2. The fourth-order valence-corrected chi connectivity index (χ4v) is 7.13. The molecule has 4 nitrogen and oxygen atoms in total. The van der Waals surface area contributed by atoms with Crippen molar-refractivity contribution in [3.63, 3.8) is 0 Å². The van der Waals surface area contributed by atoms with E-state index in [1.54, 1.807) is 0 Å². The van der Waals surface area contributed by atoms with Crippen molar-refractivity contribution in [2.45, 2.75) is 115 Å². The maximum atomic E-state index is 14.1. The number of rotatable bonds is 8. The Morgan fingerprint density at radius 2 is 1.15 bits per heavy atom. The van der Waals surface area contributed by atoms with Gasteiger partial charge in [0.1, 0.15) is 6.79 Å². The van der Waals surface area contributed by atoms with Gasteiger partial charge in [-0.25, -0.2) is 0 Å². The van der Waals surface area contributed by atoms with E-state index in [0.29, 0.717) is 32.1 Å². The van der Waals surface area contributed by atoms with E-state index < -0.39 is 79.3 Å². The summed E-state index contributed by atoms with van der Waals surface area (Å²) in [5, 5.41) is 20.3. The van der Waals surface area contributed by atoms with Crippen LogP contribution in [-0.4, -0.2) is 58.4 Å². The molecule has 3 saturated carbocycles. The van der Waals surface area contributed by atoms with Crippen LogP contribution in [0.4, 0.5) is 39.5 Å². The average Bonchev–Trinajstić information content (AvgIpc) is 3.29. The molecule has 3 rings (SSSR count). The van der Waals surface area contributed by atoms with Crippen molar-refractivity contribution < 1.29 is 59.2 Å². The van der Waals surface area contributed by atoms with Crippen LogP contribution in [0.5, 0.6) is 0 Å². The molecule has 0 spiro atoms. The van der Waals surface area contributed by atoms with Crippen LogP contribution >= 0.6 is 0 Å². The second-order valence-corrected chi connectivity index (χ2v) is 12.7. The van der Waals surface area contributed by atoms with Gasteiger partial charge in [-0.1, -0.05) is 13.8 Å². The molecule has 0 aromatic heterocycles. The Hall–Kier alpha value is -0.790. The first-order valence-electron chi connectivity index (χ1n) is 13.3. The van der Waals surface area contributed by atoms with E-state index in [0.717, 1.165) is 13.3 Å². The lowest BCUT2D eigenvalue weighted by atomic mass is 9.67. The lowest BCUT2D eigenvalue weighted by molar-refractivity contribution is -0.314. The van der Waals surface area contributed by atoms with Gasteiger partial charge in [0.05, 0.1) is 6.10 Å². The van der Waals surface area contributed by atoms with Crippen LogP contribution in [0.2, 0.25) is 0 Å². The van der Waals surface area contributed by atoms with Crippen LogP contribution in [0.25, 0.3) is 0 Å². The highest BCUT2D eigenvalue weighted by molar-refractivity contribution is 5.02. The van der Waals surface area contributed by atoms with Gasteiger partial charge in [0.2, 0.25) is 0 Å². The predicted molar refractivity (Wildman–Crippen MR) is 122 cm³/mol. The molecule has 230 valence electrons. The minimum Gasteiger partial charge on any atom is -0.380 e. The van der Waals surface area contributed by atoms with Crippen LogP contribution in [0.3, 0.4) is 0 Å². The molecule has 39 heavy (non-hydrogen) atoms. The highest BCUT2D eigenvalue weighted by Crippen LogP contribution is 2.58. The number of ether oxygens (including phenoxy) is 2. The standard InChI is InChI=1S/C26H39F9O4/c1-13-14(2)20-7-15(13)6-16(20)11-21(3,24(27,28)29)39-12-38-19-9-17(22(4,36)25(30,31)32)8-18(10-19)23(5,37)26(33,34)35/h13-20,36-37H,6-12H2,1-5H3. The highest BCUT2D eigenvalue weighted by atomic mass is 19.4. The van der Waals surface area contributed by atoms with Crippen LogP contribution in [-0.2, 0) is 9.47 Å². The second-order valence-electron chi connectivity index (χ2n) is 12.7. The molecule has 10 unspecified atom stereocenters. The average molecular weight is 587 g/mol. The minimum atomic E-state index is -5.20. The number of alkyl halides is 9. The number of hydrogen-bond donors (Lipinski definition) is 2. The molecule has 3 fully saturated rings. The first-order valence-corrected chi connectivity index (χ1v) is 13.3. The maximum absolute atomic E-state index is 14.1. The summed E-state index contributed by atoms with van der Waals surface area (Å²) in [6, 6.07) is 0. The number of hydrogen-bond acceptors (Lipinski definition) is 4. The maximum Gasteiger partial charge on any atom is 0.417 e. The Bertz CT molecular complexity index is 818. The quantitative estimate of drug-likeness (QED) is 0.237. The van der Waals surface area contributed by atoms with Crippen molar-refractivity contribution in [2.75, 3.05) is 6.79 Å². The van der Waals surface area contributed by atoms with Crippen LogP contribution in [0.1, 0.15) is 73.1 Å². The van der Waals surface area contributed by atoms with E-state index >= 15 is 0 Å². The SMILES string of the molecule is CC1C2CC(CC(C)(OCOC3CC(C(C)(O)C(F)(F)F)CC(C(C)(O)C(F)(F)F)C3)C(F)(F)F)C(C2)C1C. The Morgan fingerprint density at radius 1 is 0.667 bits per heavy atom. The number of fused-ring (bicyclic) bond motifs is 2. The van der Waals surface area contributed by atoms with Gasteiger partial charge in [0, 0.05) is 0 Å². The van der Waals surface area contributed by atoms with E-state index in [2.05, 4.69) is 6.92 Å². The summed E-state index contributed by atoms with van der Waals surface area (Å²) in [6.07, 6.45) is -17.4. The van der Waals surface area contributed by atoms with E-state index in [-0.39, 0.29) is 24.2 Å². The molecule has 2 N–H and O–H groups in total. The summed E-state index contributed by atoms with van der Waals surface area (Å²) < 4.78 is 134. The Morgan fingerprint density at radius 3 is 1.54 bits per heavy atom. The summed E-state index contributed by atoms with van der Waals surface area (Å²) in [5.41, 5.74) is -9.45. The van der Waals surface area contributed by atoms with Gasteiger partial charge in [-0.2, -0.15) is 39.5 Å². The highest BCUT2D eigenvalue weighted by Gasteiger charge is 2.62. The first kappa shape index (κ1) is 32.7. The Balaban J connectivity index is 1.74. The molecule has 0 radical (unpaired) electrons. The molecule has 0 heterocycles. The molecule has 0 aromatic carbocycles. The molecule has 0 amide bonds. The molecular weight excluding hydrogens is 547 g/mol. The zero-order valence-electron chi connectivity index (χ0n) is 22.7. The molecular formula is C26H39F9O4. The van der Waals surface area contributed by atoms with E-state index in [9.17, 15) is 49.7 Å². The number of halogens is 9. The van der Waals surface area contributed by atoms with Gasteiger partial charge in [-0.15, -0.1) is 0 Å². The third kappa shape index (κ3) is 6.21. The molecule has 0 saturated heterocycles. The van der Waals surface area contributed by atoms with Gasteiger partial charge < -0.3 is 19.7 Å². The summed E-state index contributed by atoms with van der Waals surface area (Å²) in [4.78, 5) is 0. The van der Waals surface area contributed by atoms with Crippen molar-refractivity contribution in [1.29, 1.82) is 0 Å². The Labute approximate surface area is 222 Å². The van der Waals surface area contributed by atoms with E-state index in [4.69, 9.17) is 9.47 Å². The third-order valence-electron chi connectivity index (χ3n) is 10.4. The molecule has 3 aliphatic rings. The summed E-state index contributed by atoms with van der Waals surface area (Å²) >= 11 is 0. The molecule has 10 atom stereocenters. The topological polar surface area (TPSA) is 58.9 Å². The van der Waals surface area contributed by atoms with E-state index in [1.807, 2.05) is 6.92 Å². The third-order valence-corrected chi connectivity index (χ3v) is 10.4. The largest absolute Gasteiger partial charge is 0.417 e. The fourth-order valence-electron chi connectivity index (χ4n) is 7.13. The van der Waals surface area contributed by atoms with Crippen LogP contribution in [0, 0.1) is 41.4 Å². The van der Waals surface area contributed by atoms with Crippen molar-refractivity contribution in [1.82, 2.24) is 0 Å². The van der Waals surface area contributed by atoms with Crippen LogP contribution in [0.15, 0.2) is 0 Å². The van der Waals surface area contributed by atoms with Gasteiger partial charge in [-0.05, 0) is 101 Å². The lowest BCUT2D eigenvalue weighted by Crippen LogP contribution is -2.57. The summed E-state index contributed by atoms with van der Waals surface area (Å²) in [6.45, 7) is 4.83. The van der Waals surface area contributed by atoms with Gasteiger partial charge in [0.25, 0.3) is 0 Å². The monoisotopic (exact) mass is 586 g/mol. The molecule has 3 aliphatic carbocycles. The summed E-state index contributed by atoms with van der Waals surface area (Å²) in [5.74, 6) is -2.71. The van der Waals surface area contributed by atoms with Crippen molar-refractivity contribution >= 4 is 0 Å². The van der Waals surface area contributed by atoms with E-state index in [1.165, 1.54) is 0 Å². The van der Waals surface area contributed by atoms with Crippen molar-refractivity contribution in [3.05, 3.63) is 0 Å². The predicted octanol–water partition coefficient (Wildman–Crippen LogP) is 7.03. The molecule has 13 heteroatoms. The molecule has 0 aromatic rings. The van der Waals surface area contributed by atoms with Gasteiger partial charge in [-0.3, -0.25) is 0 Å². The fraction of sp³-hybridized carbons (Fsp3) is 1.00. The molecule has 2 bridgehead atoms. The summed E-state index contributed by atoms with van der Waals surface area (Å²) in [7, 11) is 0. The lowest BCUT2D eigenvalue weighted by Gasteiger charge is -2.46. The minimum absolute atomic E-state index is 0.116. The van der Waals surface area contributed by atoms with Crippen molar-refractivity contribution in [3.8, 4) is 0 Å². The zero-order chi connectivity index (χ0) is 30.0. The zero-order valence-corrected chi connectivity index (χ0v) is 22.7. The first-order chi connectivity index (χ1) is 17.4. The Kier molecular flexibility index (Phi) is 8.80. The van der Waals surface area contributed by atoms with Crippen molar-refractivity contribution in [2.24, 2.45) is 41.4 Å².